The largest absolute Gasteiger partial charge is 0.354 e. The van der Waals surface area contributed by atoms with E-state index in [2.05, 4.69) is 0 Å². The van der Waals surface area contributed by atoms with Crippen molar-refractivity contribution < 1.29 is 19.1 Å². The number of amides is 2. The first kappa shape index (κ1) is 24.7. The number of hydrogen-bond donors (Lipinski definition) is 0. The number of carbonyl (C=O) groups is 2. The monoisotopic (exact) mass is 502 g/mol. The fourth-order valence-electron chi connectivity index (χ4n) is 5.11. The van der Waals surface area contributed by atoms with Crippen LogP contribution in [0, 0.1) is 0 Å². The highest BCUT2D eigenvalue weighted by Gasteiger charge is 2.47. The van der Waals surface area contributed by atoms with Gasteiger partial charge in [-0.2, -0.15) is 0 Å². The number of halogens is 4. The van der Waals surface area contributed by atoms with E-state index < -0.39 is 21.1 Å². The van der Waals surface area contributed by atoms with Crippen molar-refractivity contribution in [2.75, 3.05) is 26.3 Å². The van der Waals surface area contributed by atoms with Gasteiger partial charge in [-0.3, -0.25) is 9.59 Å². The van der Waals surface area contributed by atoms with Crippen LogP contribution in [0.15, 0.2) is 0 Å². The van der Waals surface area contributed by atoms with Crippen LogP contribution in [0.3, 0.4) is 0 Å². The second-order valence-electron chi connectivity index (χ2n) is 8.29. The predicted octanol–water partition coefficient (Wildman–Crippen LogP) is 4.62. The van der Waals surface area contributed by atoms with Crippen molar-refractivity contribution in [3.8, 4) is 0 Å². The smallest absolute Gasteiger partial charge is 0.258 e. The number of nitrogens with zero attached hydrogens (tertiary/aromatic N) is 2. The summed E-state index contributed by atoms with van der Waals surface area (Å²) in [5, 5.41) is 0. The zero-order chi connectivity index (χ0) is 21.8. The topological polar surface area (TPSA) is 59.1 Å². The molecule has 4 fully saturated rings. The molecule has 0 N–H and O–H groups in total. The predicted molar refractivity (Wildman–Crippen MR) is 118 cm³/mol. The zero-order valence-corrected chi connectivity index (χ0v) is 20.1. The molecule has 2 aliphatic carbocycles. The van der Waals surface area contributed by atoms with Crippen molar-refractivity contribution in [1.29, 1.82) is 0 Å². The van der Waals surface area contributed by atoms with Crippen LogP contribution in [0.25, 0.3) is 0 Å². The summed E-state index contributed by atoms with van der Waals surface area (Å²) in [6, 6.07) is 0. The minimum absolute atomic E-state index is 0.210. The van der Waals surface area contributed by atoms with Crippen LogP contribution >= 0.6 is 46.4 Å². The third-order valence-electron chi connectivity index (χ3n) is 6.53. The first-order valence-corrected chi connectivity index (χ1v) is 12.5. The molecule has 0 aromatic rings. The van der Waals surface area contributed by atoms with Gasteiger partial charge in [0, 0.05) is 13.1 Å². The second-order valence-corrected chi connectivity index (χ2v) is 10.5. The summed E-state index contributed by atoms with van der Waals surface area (Å²) >= 11 is 22.5. The standard InChI is InChI=1S/2C10H15Cl2NO2/c2*11-8(12)9(14)13-6-7-15-10(13)4-2-1-3-5-10/h2*8H,1-7H2. The molecule has 4 aliphatic rings. The van der Waals surface area contributed by atoms with Gasteiger partial charge in [0.1, 0.15) is 11.4 Å². The molecule has 2 saturated carbocycles. The second kappa shape index (κ2) is 10.8. The fraction of sp³-hybridized carbons (Fsp3) is 0.900. The van der Waals surface area contributed by atoms with E-state index in [1.54, 1.807) is 9.80 Å². The normalized spacial score (nSPS) is 25.1. The highest BCUT2D eigenvalue weighted by Crippen LogP contribution is 2.39. The Bertz CT molecular complexity index is 556. The van der Waals surface area contributed by atoms with Crippen molar-refractivity contribution in [2.45, 2.75) is 85.3 Å². The van der Waals surface area contributed by atoms with Crippen LogP contribution in [0.1, 0.15) is 64.2 Å². The van der Waals surface area contributed by atoms with Crippen LogP contribution in [-0.2, 0) is 19.1 Å². The molecule has 2 amide bonds. The Hall–Kier alpha value is 0.0200. The summed E-state index contributed by atoms with van der Waals surface area (Å²) in [4.78, 5) is 25.1. The summed E-state index contributed by atoms with van der Waals surface area (Å²) in [5.41, 5.74) is -0.783. The molecule has 0 aromatic heterocycles. The van der Waals surface area contributed by atoms with Crippen LogP contribution < -0.4 is 0 Å². The highest BCUT2D eigenvalue weighted by atomic mass is 35.5. The molecule has 2 aliphatic heterocycles. The van der Waals surface area contributed by atoms with Crippen molar-refractivity contribution in [3.05, 3.63) is 0 Å². The average molecular weight is 504 g/mol. The summed E-state index contributed by atoms with van der Waals surface area (Å²) in [5.74, 6) is -0.421. The zero-order valence-electron chi connectivity index (χ0n) is 17.1. The molecular formula is C20H30Cl4N2O4. The van der Waals surface area contributed by atoms with Crippen molar-refractivity contribution >= 4 is 58.2 Å². The van der Waals surface area contributed by atoms with Crippen molar-refractivity contribution in [3.63, 3.8) is 0 Å². The lowest BCUT2D eigenvalue weighted by molar-refractivity contribution is -0.154. The van der Waals surface area contributed by atoms with E-state index in [1.807, 2.05) is 0 Å². The maximum atomic E-state index is 11.8. The molecular weight excluding hydrogens is 474 g/mol. The molecule has 0 aromatic carbocycles. The van der Waals surface area contributed by atoms with E-state index in [9.17, 15) is 9.59 Å². The lowest BCUT2D eigenvalue weighted by atomic mass is 9.90. The van der Waals surface area contributed by atoms with Gasteiger partial charge in [0.25, 0.3) is 11.8 Å². The molecule has 2 saturated heterocycles. The average Bonchev–Trinajstić information content (AvgIpc) is 3.32. The van der Waals surface area contributed by atoms with E-state index in [4.69, 9.17) is 55.9 Å². The van der Waals surface area contributed by atoms with Crippen LogP contribution in [-0.4, -0.2) is 69.0 Å². The van der Waals surface area contributed by atoms with Crippen molar-refractivity contribution in [1.82, 2.24) is 9.80 Å². The maximum absolute atomic E-state index is 11.8. The van der Waals surface area contributed by atoms with Gasteiger partial charge in [0.05, 0.1) is 13.2 Å². The number of ether oxygens (including phenoxy) is 2. The number of rotatable bonds is 2. The van der Waals surface area contributed by atoms with Gasteiger partial charge in [-0.05, 0) is 51.4 Å². The van der Waals surface area contributed by atoms with E-state index in [0.717, 1.165) is 51.4 Å². The van der Waals surface area contributed by atoms with Gasteiger partial charge in [-0.15, -0.1) is 0 Å². The van der Waals surface area contributed by atoms with E-state index in [-0.39, 0.29) is 11.8 Å². The molecule has 30 heavy (non-hydrogen) atoms. The van der Waals surface area contributed by atoms with Gasteiger partial charge in [0.15, 0.2) is 9.67 Å². The van der Waals surface area contributed by atoms with Crippen molar-refractivity contribution in [2.24, 2.45) is 0 Å². The van der Waals surface area contributed by atoms with E-state index in [1.165, 1.54) is 12.8 Å². The number of hydrogen-bond acceptors (Lipinski definition) is 4. The van der Waals surface area contributed by atoms with Gasteiger partial charge in [-0.1, -0.05) is 59.2 Å². The first-order valence-electron chi connectivity index (χ1n) is 10.8. The number of carbonyl (C=O) groups excluding carboxylic acids is 2. The molecule has 6 nitrogen and oxygen atoms in total. The quantitative estimate of drug-likeness (QED) is 0.516. The summed E-state index contributed by atoms with van der Waals surface area (Å²) in [6.45, 7) is 2.45. The molecule has 0 atom stereocenters. The minimum Gasteiger partial charge on any atom is -0.354 e. The summed E-state index contributed by atoms with van der Waals surface area (Å²) < 4.78 is 11.5. The molecule has 2 spiro atoms. The van der Waals surface area contributed by atoms with Crippen LogP contribution in [0.4, 0.5) is 0 Å². The Balaban J connectivity index is 0.000000171. The molecule has 10 heteroatoms. The Labute approximate surface area is 198 Å². The van der Waals surface area contributed by atoms with Crippen LogP contribution in [0.5, 0.6) is 0 Å². The molecule has 0 bridgehead atoms. The van der Waals surface area contributed by atoms with E-state index >= 15 is 0 Å². The Morgan fingerprint density at radius 1 is 0.633 bits per heavy atom. The Morgan fingerprint density at radius 2 is 0.967 bits per heavy atom. The molecule has 2 heterocycles. The molecule has 0 unspecified atom stereocenters. The first-order chi connectivity index (χ1) is 14.3. The van der Waals surface area contributed by atoms with E-state index in [0.29, 0.717) is 26.3 Å². The highest BCUT2D eigenvalue weighted by molar-refractivity contribution is 6.53. The van der Waals surface area contributed by atoms with Gasteiger partial charge >= 0.3 is 0 Å². The fourth-order valence-corrected chi connectivity index (χ4v) is 5.58. The Morgan fingerprint density at radius 3 is 1.27 bits per heavy atom. The molecule has 0 radical (unpaired) electrons. The summed E-state index contributed by atoms with van der Waals surface area (Å²) in [7, 11) is 0. The van der Waals surface area contributed by atoms with Gasteiger partial charge < -0.3 is 19.3 Å². The number of alkyl halides is 4. The van der Waals surface area contributed by atoms with Gasteiger partial charge in [0.2, 0.25) is 0 Å². The van der Waals surface area contributed by atoms with Crippen LogP contribution in [0.2, 0.25) is 0 Å². The molecule has 172 valence electrons. The third kappa shape index (κ3) is 5.32. The Kier molecular flexibility index (Phi) is 8.84. The van der Waals surface area contributed by atoms with Gasteiger partial charge in [-0.25, -0.2) is 0 Å². The lowest BCUT2D eigenvalue weighted by Gasteiger charge is -2.40. The SMILES string of the molecule is O=C(C(Cl)Cl)N1CCOC12CCCCC2.O=C(C(Cl)Cl)N1CCOC12CCCCC2. The summed E-state index contributed by atoms with van der Waals surface area (Å²) in [6.07, 6.45) is 10.5. The third-order valence-corrected chi connectivity index (χ3v) is 7.28. The molecule has 4 rings (SSSR count). The minimum atomic E-state index is -0.967. The lowest BCUT2D eigenvalue weighted by Crippen LogP contribution is -2.51. The maximum Gasteiger partial charge on any atom is 0.258 e.